The van der Waals surface area contributed by atoms with Crippen molar-refractivity contribution in [1.29, 1.82) is 0 Å². The Kier molecular flexibility index (Phi) is 3.73. The van der Waals surface area contributed by atoms with Crippen molar-refractivity contribution >= 4 is 15.7 Å². The molecule has 2 unspecified atom stereocenters. The Morgan fingerprint density at radius 1 is 1.25 bits per heavy atom. The number of nitrogens with one attached hydrogen (secondary N) is 1. The van der Waals surface area contributed by atoms with Gasteiger partial charge in [0.1, 0.15) is 0 Å². The van der Waals surface area contributed by atoms with Gasteiger partial charge in [0, 0.05) is 12.6 Å². The maximum atomic E-state index is 13.0. The molecule has 4 nitrogen and oxygen atoms in total. The van der Waals surface area contributed by atoms with Gasteiger partial charge in [0.25, 0.3) is 0 Å². The number of hydrogen-bond acceptors (Lipinski definition) is 3. The Hall–Kier alpha value is -1.07. The fraction of sp³-hybridized carbons (Fsp3) is 0.600. The van der Waals surface area contributed by atoms with Gasteiger partial charge in [-0.3, -0.25) is 4.31 Å². The Morgan fingerprint density at radius 3 is 2.80 bits per heavy atom. The second-order valence-corrected chi connectivity index (χ2v) is 7.92. The lowest BCUT2D eigenvalue weighted by Gasteiger charge is -2.39. The minimum Gasteiger partial charge on any atom is -0.315 e. The third kappa shape index (κ3) is 2.33. The second-order valence-electron chi connectivity index (χ2n) is 5.83. The molecule has 20 heavy (non-hydrogen) atoms. The molecule has 1 saturated heterocycles. The van der Waals surface area contributed by atoms with Crippen molar-refractivity contribution in [2.75, 3.05) is 17.4 Å². The van der Waals surface area contributed by atoms with Gasteiger partial charge in [-0.15, -0.1) is 0 Å². The van der Waals surface area contributed by atoms with E-state index in [0.29, 0.717) is 6.54 Å². The van der Waals surface area contributed by atoms with E-state index < -0.39 is 10.0 Å². The van der Waals surface area contributed by atoms with Gasteiger partial charge in [0.15, 0.2) is 0 Å². The van der Waals surface area contributed by atoms with E-state index in [1.807, 2.05) is 31.2 Å². The molecule has 0 radical (unpaired) electrons. The third-order valence-corrected chi connectivity index (χ3v) is 6.76. The van der Waals surface area contributed by atoms with Crippen LogP contribution in [0.1, 0.15) is 31.7 Å². The summed E-state index contributed by atoms with van der Waals surface area (Å²) in [5, 5.41) is 2.93. The predicted octanol–water partition coefficient (Wildman–Crippen LogP) is 1.91. The number of fused-ring (bicyclic) bond motifs is 1. The van der Waals surface area contributed by atoms with Crippen molar-refractivity contribution in [2.24, 2.45) is 0 Å². The summed E-state index contributed by atoms with van der Waals surface area (Å²) in [7, 11) is -3.28. The highest BCUT2D eigenvalue weighted by molar-refractivity contribution is 7.93. The Bertz CT molecular complexity index is 579. The van der Waals surface area contributed by atoms with Crippen LogP contribution in [-0.4, -0.2) is 32.8 Å². The number of piperidine rings is 1. The maximum absolute atomic E-state index is 13.0. The van der Waals surface area contributed by atoms with E-state index in [-0.39, 0.29) is 11.3 Å². The van der Waals surface area contributed by atoms with E-state index in [1.165, 1.54) is 0 Å². The van der Waals surface area contributed by atoms with Crippen molar-refractivity contribution in [3.63, 3.8) is 0 Å². The summed E-state index contributed by atoms with van der Waals surface area (Å²) < 4.78 is 27.7. The summed E-state index contributed by atoms with van der Waals surface area (Å²) in [5.41, 5.74) is 2.04. The summed E-state index contributed by atoms with van der Waals surface area (Å²) >= 11 is 0. The number of anilines is 1. The smallest absolute Gasteiger partial charge is 0.239 e. The highest BCUT2D eigenvalue weighted by Gasteiger charge is 2.38. The van der Waals surface area contributed by atoms with Crippen LogP contribution >= 0.6 is 0 Å². The average molecular weight is 294 g/mol. The number of nitrogens with zero attached hydrogens (tertiary/aromatic N) is 1. The molecule has 0 saturated carbocycles. The fourth-order valence-electron chi connectivity index (χ4n) is 3.28. The number of aryl methyl sites for hydroxylation is 1. The maximum Gasteiger partial charge on any atom is 0.239 e. The summed E-state index contributed by atoms with van der Waals surface area (Å²) in [6.45, 7) is 3.52. The highest BCUT2D eigenvalue weighted by atomic mass is 32.2. The van der Waals surface area contributed by atoms with Crippen LogP contribution in [0.15, 0.2) is 24.3 Å². The predicted molar refractivity (Wildman–Crippen MR) is 81.5 cm³/mol. The largest absolute Gasteiger partial charge is 0.315 e. The van der Waals surface area contributed by atoms with Crippen LogP contribution in [0, 0.1) is 0 Å². The molecular weight excluding hydrogens is 272 g/mol. The van der Waals surface area contributed by atoms with Gasteiger partial charge in [-0.25, -0.2) is 8.42 Å². The van der Waals surface area contributed by atoms with E-state index in [1.54, 1.807) is 4.31 Å². The fourth-order valence-corrected chi connectivity index (χ4v) is 5.45. The van der Waals surface area contributed by atoms with Crippen LogP contribution < -0.4 is 9.62 Å². The van der Waals surface area contributed by atoms with Crippen molar-refractivity contribution in [3.05, 3.63) is 29.8 Å². The first-order chi connectivity index (χ1) is 9.60. The topological polar surface area (TPSA) is 49.4 Å². The van der Waals surface area contributed by atoms with E-state index in [4.69, 9.17) is 0 Å². The standard InChI is InChI=1S/C15H22N2O2S/c1-12-8-9-13-5-2-3-7-15(13)17(12)20(18,19)14-6-4-10-16-11-14/h2-3,5,7,12,14,16H,4,6,8-11H2,1H3. The summed E-state index contributed by atoms with van der Waals surface area (Å²) in [5.74, 6) is 0. The number of para-hydroxylation sites is 1. The molecule has 0 aliphatic carbocycles. The first-order valence-electron chi connectivity index (χ1n) is 7.42. The Labute approximate surface area is 121 Å². The van der Waals surface area contributed by atoms with E-state index >= 15 is 0 Å². The molecule has 1 fully saturated rings. The third-order valence-electron chi connectivity index (χ3n) is 4.41. The van der Waals surface area contributed by atoms with Crippen LogP contribution in [0.5, 0.6) is 0 Å². The molecule has 110 valence electrons. The zero-order valence-electron chi connectivity index (χ0n) is 11.9. The van der Waals surface area contributed by atoms with E-state index in [0.717, 1.165) is 43.5 Å². The van der Waals surface area contributed by atoms with Crippen molar-refractivity contribution < 1.29 is 8.42 Å². The quantitative estimate of drug-likeness (QED) is 0.906. The zero-order valence-corrected chi connectivity index (χ0v) is 12.7. The zero-order chi connectivity index (χ0) is 14.2. The second kappa shape index (κ2) is 5.37. The summed E-state index contributed by atoms with van der Waals surface area (Å²) in [4.78, 5) is 0. The number of sulfonamides is 1. The van der Waals surface area contributed by atoms with Gasteiger partial charge in [-0.1, -0.05) is 18.2 Å². The molecule has 1 N–H and O–H groups in total. The molecule has 0 bridgehead atoms. The summed E-state index contributed by atoms with van der Waals surface area (Å²) in [6, 6.07) is 7.96. The van der Waals surface area contributed by atoms with Crippen LogP contribution in [0.3, 0.4) is 0 Å². The molecule has 3 rings (SSSR count). The molecule has 1 aromatic rings. The lowest BCUT2D eigenvalue weighted by atomic mass is 9.99. The van der Waals surface area contributed by atoms with Gasteiger partial charge in [-0.2, -0.15) is 0 Å². The molecule has 0 amide bonds. The van der Waals surface area contributed by atoms with E-state index in [9.17, 15) is 8.42 Å². The lowest BCUT2D eigenvalue weighted by molar-refractivity contribution is 0.487. The number of hydrogen-bond donors (Lipinski definition) is 1. The van der Waals surface area contributed by atoms with Gasteiger partial charge in [0.05, 0.1) is 10.9 Å². The van der Waals surface area contributed by atoms with E-state index in [2.05, 4.69) is 5.32 Å². The molecule has 0 spiro atoms. The first-order valence-corrected chi connectivity index (χ1v) is 8.93. The molecule has 2 aliphatic rings. The van der Waals surface area contributed by atoms with Gasteiger partial charge < -0.3 is 5.32 Å². The molecule has 2 aliphatic heterocycles. The normalized spacial score (nSPS) is 27.1. The van der Waals surface area contributed by atoms with Gasteiger partial charge in [0.2, 0.25) is 10.0 Å². The van der Waals surface area contributed by atoms with Gasteiger partial charge in [-0.05, 0) is 50.8 Å². The monoisotopic (exact) mass is 294 g/mol. The van der Waals surface area contributed by atoms with Crippen LogP contribution in [0.2, 0.25) is 0 Å². The first kappa shape index (κ1) is 13.9. The Morgan fingerprint density at radius 2 is 2.05 bits per heavy atom. The average Bonchev–Trinajstić information content (AvgIpc) is 2.47. The van der Waals surface area contributed by atoms with Crippen molar-refractivity contribution in [1.82, 2.24) is 5.32 Å². The van der Waals surface area contributed by atoms with Crippen LogP contribution in [-0.2, 0) is 16.4 Å². The summed E-state index contributed by atoms with van der Waals surface area (Å²) in [6.07, 6.45) is 3.57. The molecule has 0 aromatic heterocycles. The number of benzene rings is 1. The molecular formula is C15H22N2O2S. The Balaban J connectivity index is 1.99. The molecule has 2 heterocycles. The van der Waals surface area contributed by atoms with Gasteiger partial charge >= 0.3 is 0 Å². The SMILES string of the molecule is CC1CCc2ccccc2N1S(=O)(=O)C1CCCNC1. The molecule has 1 aromatic carbocycles. The minimum atomic E-state index is -3.28. The lowest BCUT2D eigenvalue weighted by Crippen LogP contribution is -2.50. The van der Waals surface area contributed by atoms with Crippen LogP contribution in [0.25, 0.3) is 0 Å². The molecule has 5 heteroatoms. The molecule has 2 atom stereocenters. The van der Waals surface area contributed by atoms with Crippen molar-refractivity contribution in [3.8, 4) is 0 Å². The highest BCUT2D eigenvalue weighted by Crippen LogP contribution is 2.34. The van der Waals surface area contributed by atoms with Crippen molar-refractivity contribution in [2.45, 2.75) is 43.9 Å². The minimum absolute atomic E-state index is 0.0526. The number of rotatable bonds is 2. The van der Waals surface area contributed by atoms with Crippen LogP contribution in [0.4, 0.5) is 5.69 Å².